The summed E-state index contributed by atoms with van der Waals surface area (Å²) in [4.78, 5) is 23.1. The van der Waals surface area contributed by atoms with Gasteiger partial charge in [-0.25, -0.2) is 9.97 Å². The predicted molar refractivity (Wildman–Crippen MR) is 116 cm³/mol. The molecule has 8 heteroatoms. The number of carbonyl (C=O) groups excluding carboxylic acids is 1. The van der Waals surface area contributed by atoms with Crippen LogP contribution >= 0.6 is 0 Å². The molecule has 164 valence electrons. The van der Waals surface area contributed by atoms with Crippen LogP contribution in [0.2, 0.25) is 0 Å². The highest BCUT2D eigenvalue weighted by atomic mass is 16.5. The van der Waals surface area contributed by atoms with Crippen molar-refractivity contribution in [1.82, 2.24) is 20.2 Å². The third-order valence-corrected chi connectivity index (χ3v) is 6.60. The average molecular weight is 424 g/mol. The quantitative estimate of drug-likeness (QED) is 0.616. The molecule has 31 heavy (non-hydrogen) atoms. The fourth-order valence-corrected chi connectivity index (χ4v) is 4.86. The average Bonchev–Trinajstić information content (AvgIpc) is 2.73. The van der Waals surface area contributed by atoms with Gasteiger partial charge in [0.15, 0.2) is 0 Å². The third-order valence-electron chi connectivity index (χ3n) is 6.60. The van der Waals surface area contributed by atoms with Crippen LogP contribution in [0.5, 0.6) is 0 Å². The fourth-order valence-electron chi connectivity index (χ4n) is 4.86. The molecule has 2 fully saturated rings. The molecular formula is C23H29N5O3. The Morgan fingerprint density at radius 1 is 1.26 bits per heavy atom. The molecule has 3 N–H and O–H groups in total. The second-order valence-electron chi connectivity index (χ2n) is 9.15. The molecule has 8 nitrogen and oxygen atoms in total. The molecule has 1 aromatic heterocycles. The van der Waals surface area contributed by atoms with Crippen molar-refractivity contribution < 1.29 is 14.6 Å². The minimum Gasteiger partial charge on any atom is -0.390 e. The molecule has 1 amide bonds. The summed E-state index contributed by atoms with van der Waals surface area (Å²) in [6, 6.07) is 10.5. The topological polar surface area (TPSA) is 99.6 Å². The van der Waals surface area contributed by atoms with E-state index in [1.165, 1.54) is 17.5 Å². The minimum absolute atomic E-state index is 0.189. The highest BCUT2D eigenvalue weighted by molar-refractivity contribution is 5.92. The maximum absolute atomic E-state index is 12.5. The second-order valence-corrected chi connectivity index (χ2v) is 9.15. The minimum atomic E-state index is -0.635. The van der Waals surface area contributed by atoms with Crippen molar-refractivity contribution in [3.63, 3.8) is 0 Å². The Hall–Kier alpha value is -2.55. The predicted octanol–water partition coefficient (Wildman–Crippen LogP) is 1.22. The van der Waals surface area contributed by atoms with Crippen molar-refractivity contribution in [3.05, 3.63) is 53.5 Å². The molecule has 1 saturated heterocycles. The number of aliphatic hydroxyl groups excluding tert-OH is 1. The number of anilines is 1. The van der Waals surface area contributed by atoms with Crippen LogP contribution in [0.1, 0.15) is 34.5 Å². The van der Waals surface area contributed by atoms with Gasteiger partial charge in [-0.2, -0.15) is 0 Å². The number of aromatic nitrogens is 2. The zero-order valence-electron chi connectivity index (χ0n) is 17.6. The Morgan fingerprint density at radius 3 is 2.84 bits per heavy atom. The lowest BCUT2D eigenvalue weighted by Gasteiger charge is -2.53. The summed E-state index contributed by atoms with van der Waals surface area (Å²) < 4.78 is 5.31. The molecule has 3 heterocycles. The van der Waals surface area contributed by atoms with E-state index in [1.54, 1.807) is 6.07 Å². The summed E-state index contributed by atoms with van der Waals surface area (Å²) >= 11 is 0. The van der Waals surface area contributed by atoms with Gasteiger partial charge < -0.3 is 20.5 Å². The maximum Gasteiger partial charge on any atom is 0.270 e. The SMILES string of the molecule is O=C(NC[C@H](O)CN1CCc2ccccc2C1)c1cc(NC2CC3(COC3)C2)ncn1. The number of amides is 1. The van der Waals surface area contributed by atoms with Crippen LogP contribution in [0, 0.1) is 5.41 Å². The first-order valence-electron chi connectivity index (χ1n) is 11.0. The Morgan fingerprint density at radius 2 is 2.06 bits per heavy atom. The van der Waals surface area contributed by atoms with Gasteiger partial charge in [0, 0.05) is 43.7 Å². The summed E-state index contributed by atoms with van der Waals surface area (Å²) in [7, 11) is 0. The molecule has 0 bridgehead atoms. The highest BCUT2D eigenvalue weighted by Crippen LogP contribution is 2.47. The number of fused-ring (bicyclic) bond motifs is 1. The Labute approximate surface area is 182 Å². The van der Waals surface area contributed by atoms with Crippen molar-refractivity contribution >= 4 is 11.7 Å². The van der Waals surface area contributed by atoms with Crippen LogP contribution in [-0.4, -0.2) is 70.9 Å². The summed E-state index contributed by atoms with van der Waals surface area (Å²) in [5.41, 5.74) is 3.37. The van der Waals surface area contributed by atoms with Gasteiger partial charge in [0.2, 0.25) is 0 Å². The van der Waals surface area contributed by atoms with Crippen LogP contribution in [0.15, 0.2) is 36.7 Å². The van der Waals surface area contributed by atoms with Gasteiger partial charge in [0.05, 0.1) is 19.3 Å². The number of nitrogens with zero attached hydrogens (tertiary/aromatic N) is 3. The first kappa shape index (κ1) is 20.4. The molecular weight excluding hydrogens is 394 g/mol. The van der Waals surface area contributed by atoms with Gasteiger partial charge in [-0.3, -0.25) is 9.69 Å². The number of hydrogen-bond acceptors (Lipinski definition) is 7. The lowest BCUT2D eigenvalue weighted by atomic mass is 9.64. The van der Waals surface area contributed by atoms with E-state index in [-0.39, 0.29) is 12.5 Å². The highest BCUT2D eigenvalue weighted by Gasteiger charge is 2.49. The van der Waals surface area contributed by atoms with E-state index >= 15 is 0 Å². The smallest absolute Gasteiger partial charge is 0.270 e. The molecule has 1 spiro atoms. The molecule has 0 radical (unpaired) electrons. The van der Waals surface area contributed by atoms with Gasteiger partial charge in [0.1, 0.15) is 17.8 Å². The Kier molecular flexibility index (Phi) is 5.60. The van der Waals surface area contributed by atoms with E-state index in [4.69, 9.17) is 4.74 Å². The first-order chi connectivity index (χ1) is 15.1. The van der Waals surface area contributed by atoms with Crippen LogP contribution in [0.3, 0.4) is 0 Å². The normalized spacial score (nSPS) is 20.9. The van der Waals surface area contributed by atoms with Crippen LogP contribution in [-0.2, 0) is 17.7 Å². The molecule has 3 aliphatic rings. The summed E-state index contributed by atoms with van der Waals surface area (Å²) in [5.74, 6) is 0.360. The number of hydrogen-bond donors (Lipinski definition) is 3. The fraction of sp³-hybridized carbons (Fsp3) is 0.522. The second kappa shape index (κ2) is 8.53. The summed E-state index contributed by atoms with van der Waals surface area (Å²) in [6.45, 7) is 4.17. The molecule has 0 unspecified atom stereocenters. The Bertz CT molecular complexity index is 940. The Balaban J connectivity index is 1.08. The van der Waals surface area contributed by atoms with Gasteiger partial charge >= 0.3 is 0 Å². The van der Waals surface area contributed by atoms with E-state index < -0.39 is 6.10 Å². The first-order valence-corrected chi connectivity index (χ1v) is 11.0. The van der Waals surface area contributed by atoms with Gasteiger partial charge in [-0.15, -0.1) is 0 Å². The molecule has 2 aliphatic heterocycles. The number of benzene rings is 1. The standard InChI is InChI=1S/C23H29N5O3/c29-19(12-28-6-5-16-3-1-2-4-17(16)11-28)10-24-22(30)20-7-21(26-15-25-20)27-18-8-23(9-18)13-31-14-23/h1-4,7,15,18-19,29H,5-6,8-14H2,(H,24,30)(H,25,26,27)/t19-/m0/s1. The molecule has 1 aliphatic carbocycles. The number of ether oxygens (including phenoxy) is 1. The zero-order chi connectivity index (χ0) is 21.3. The van der Waals surface area contributed by atoms with Crippen LogP contribution < -0.4 is 10.6 Å². The molecule has 1 saturated carbocycles. The molecule has 1 atom stereocenters. The maximum atomic E-state index is 12.5. The third kappa shape index (κ3) is 4.56. The van der Waals surface area contributed by atoms with Gasteiger partial charge in [-0.1, -0.05) is 24.3 Å². The van der Waals surface area contributed by atoms with E-state index in [0.717, 1.165) is 45.6 Å². The zero-order valence-corrected chi connectivity index (χ0v) is 17.6. The molecule has 1 aromatic carbocycles. The van der Waals surface area contributed by atoms with Gasteiger partial charge in [0.25, 0.3) is 5.91 Å². The van der Waals surface area contributed by atoms with Crippen molar-refractivity contribution in [2.45, 2.75) is 38.0 Å². The molecule has 5 rings (SSSR count). The van der Waals surface area contributed by atoms with Crippen molar-refractivity contribution in [2.24, 2.45) is 5.41 Å². The summed E-state index contributed by atoms with van der Waals surface area (Å²) in [6.07, 6.45) is 3.91. The van der Waals surface area contributed by atoms with Crippen molar-refractivity contribution in [2.75, 3.05) is 38.2 Å². The number of rotatable bonds is 7. The van der Waals surface area contributed by atoms with E-state index in [0.29, 0.717) is 29.5 Å². The monoisotopic (exact) mass is 423 g/mol. The van der Waals surface area contributed by atoms with Crippen LogP contribution in [0.4, 0.5) is 5.82 Å². The number of nitrogens with one attached hydrogen (secondary N) is 2. The summed E-state index contributed by atoms with van der Waals surface area (Å²) in [5, 5.41) is 16.6. The number of aliphatic hydroxyl groups is 1. The lowest BCUT2D eigenvalue weighted by Crippen LogP contribution is -2.56. The lowest BCUT2D eigenvalue weighted by molar-refractivity contribution is -0.159. The molecule has 2 aromatic rings. The van der Waals surface area contributed by atoms with Crippen LogP contribution in [0.25, 0.3) is 0 Å². The van der Waals surface area contributed by atoms with Crippen molar-refractivity contribution in [1.29, 1.82) is 0 Å². The number of β-amino-alcohol motifs (C(OH)–C–C–N with tert-alkyl or cyclic N) is 1. The largest absolute Gasteiger partial charge is 0.390 e. The van der Waals surface area contributed by atoms with Gasteiger partial charge in [-0.05, 0) is 30.4 Å². The van der Waals surface area contributed by atoms with E-state index in [9.17, 15) is 9.90 Å². The number of carbonyl (C=O) groups is 1. The van der Waals surface area contributed by atoms with E-state index in [1.807, 2.05) is 0 Å². The van der Waals surface area contributed by atoms with Crippen molar-refractivity contribution in [3.8, 4) is 0 Å². The van der Waals surface area contributed by atoms with E-state index in [2.05, 4.69) is 49.8 Å².